The number of halogens is 2. The summed E-state index contributed by atoms with van der Waals surface area (Å²) >= 11 is 12.5. The molecule has 5 rings (SSSR count). The normalized spacial score (nSPS) is 19.6. The zero-order chi connectivity index (χ0) is 27.0. The zero-order valence-electron chi connectivity index (χ0n) is 21.0. The van der Waals surface area contributed by atoms with Crippen LogP contribution in [0.15, 0.2) is 36.0 Å². The van der Waals surface area contributed by atoms with Gasteiger partial charge in [0.2, 0.25) is 10.0 Å². The molecular formula is C25H28Cl2N8O2S. The first-order valence-corrected chi connectivity index (χ1v) is 14.7. The van der Waals surface area contributed by atoms with Crippen molar-refractivity contribution in [3.8, 4) is 6.07 Å². The molecule has 3 aromatic rings. The number of hydrogen-bond donors (Lipinski definition) is 1. The largest absolute Gasteiger partial charge is 0.376 e. The lowest BCUT2D eigenvalue weighted by molar-refractivity contribution is 0.154. The number of sulfonamides is 1. The Morgan fingerprint density at radius 3 is 2.74 bits per heavy atom. The number of anilines is 1. The van der Waals surface area contributed by atoms with E-state index in [1.165, 1.54) is 12.5 Å². The number of nitrogens with one attached hydrogen (secondary N) is 1. The van der Waals surface area contributed by atoms with E-state index < -0.39 is 10.0 Å². The van der Waals surface area contributed by atoms with E-state index in [0.29, 0.717) is 33.0 Å². The van der Waals surface area contributed by atoms with Crippen molar-refractivity contribution >= 4 is 50.2 Å². The van der Waals surface area contributed by atoms with Crippen LogP contribution in [0.3, 0.4) is 0 Å². The summed E-state index contributed by atoms with van der Waals surface area (Å²) in [4.78, 5) is 13.7. The van der Waals surface area contributed by atoms with Gasteiger partial charge in [0.05, 0.1) is 17.6 Å². The third-order valence-electron chi connectivity index (χ3n) is 7.40. The summed E-state index contributed by atoms with van der Waals surface area (Å²) in [6.07, 6.45) is 5.52. The lowest BCUT2D eigenvalue weighted by Crippen LogP contribution is -2.53. The van der Waals surface area contributed by atoms with Crippen LogP contribution in [0.1, 0.15) is 37.1 Å². The number of piperidine rings is 1. The average molecular weight is 576 g/mol. The molecule has 0 unspecified atom stereocenters. The van der Waals surface area contributed by atoms with E-state index in [-0.39, 0.29) is 11.7 Å². The Labute approximate surface area is 231 Å². The molecule has 0 spiro atoms. The maximum atomic E-state index is 11.7. The van der Waals surface area contributed by atoms with Crippen molar-refractivity contribution in [2.24, 2.45) is 11.8 Å². The molecule has 0 aliphatic carbocycles. The molecular weight excluding hydrogens is 547 g/mol. The van der Waals surface area contributed by atoms with Gasteiger partial charge in [0.15, 0.2) is 11.3 Å². The number of nitriles is 1. The Hall–Kier alpha value is -2.91. The van der Waals surface area contributed by atoms with Crippen LogP contribution in [0, 0.1) is 23.2 Å². The molecule has 0 amide bonds. The molecule has 0 saturated carbocycles. The summed E-state index contributed by atoms with van der Waals surface area (Å²) in [6.45, 7) is 5.31. The lowest BCUT2D eigenvalue weighted by Gasteiger charge is -2.46. The van der Waals surface area contributed by atoms with E-state index in [0.717, 1.165) is 50.4 Å². The van der Waals surface area contributed by atoms with Crippen molar-refractivity contribution in [1.29, 1.82) is 5.26 Å². The SMILES string of the molecule is CNS(=O)(=O)C=CN1CCC[C@H](C2CN(c3cnc4c(C#N)nn([C@H](C)c5ccc(Cl)cc5Cl)c4n3)C2)C1. The van der Waals surface area contributed by atoms with Crippen molar-refractivity contribution in [3.05, 3.63) is 57.3 Å². The molecule has 200 valence electrons. The van der Waals surface area contributed by atoms with Gasteiger partial charge in [0.25, 0.3) is 0 Å². The topological polar surface area (TPSA) is 120 Å². The first-order chi connectivity index (χ1) is 18.2. The summed E-state index contributed by atoms with van der Waals surface area (Å²) in [5.41, 5.74) is 2.02. The Kier molecular flexibility index (Phi) is 7.51. The second-order valence-electron chi connectivity index (χ2n) is 9.74. The van der Waals surface area contributed by atoms with Gasteiger partial charge in [-0.2, -0.15) is 10.4 Å². The van der Waals surface area contributed by atoms with E-state index in [2.05, 4.69) is 30.7 Å². The maximum Gasteiger partial charge on any atom is 0.234 e. The average Bonchev–Trinajstić information content (AvgIpc) is 3.25. The molecule has 10 nitrogen and oxygen atoms in total. The van der Waals surface area contributed by atoms with Crippen LogP contribution < -0.4 is 9.62 Å². The van der Waals surface area contributed by atoms with Crippen LogP contribution in [0.25, 0.3) is 11.2 Å². The number of aromatic nitrogens is 4. The molecule has 38 heavy (non-hydrogen) atoms. The molecule has 2 aliphatic rings. The fraction of sp³-hybridized carbons (Fsp3) is 0.440. The van der Waals surface area contributed by atoms with Crippen molar-refractivity contribution < 1.29 is 8.42 Å². The van der Waals surface area contributed by atoms with E-state index >= 15 is 0 Å². The highest BCUT2D eigenvalue weighted by atomic mass is 35.5. The van der Waals surface area contributed by atoms with Gasteiger partial charge in [-0.05, 0) is 56.3 Å². The molecule has 2 aliphatic heterocycles. The first-order valence-electron chi connectivity index (χ1n) is 12.4. The quantitative estimate of drug-likeness (QED) is 0.452. The monoisotopic (exact) mass is 574 g/mol. The number of nitrogens with zero attached hydrogens (tertiary/aromatic N) is 7. The third kappa shape index (κ3) is 5.31. The molecule has 2 aromatic heterocycles. The molecule has 0 bridgehead atoms. The van der Waals surface area contributed by atoms with Gasteiger partial charge in [0, 0.05) is 42.4 Å². The molecule has 0 radical (unpaired) electrons. The smallest absolute Gasteiger partial charge is 0.234 e. The van der Waals surface area contributed by atoms with Gasteiger partial charge in [-0.1, -0.05) is 29.3 Å². The minimum atomic E-state index is -3.38. The highest BCUT2D eigenvalue weighted by Gasteiger charge is 2.36. The minimum Gasteiger partial charge on any atom is -0.376 e. The summed E-state index contributed by atoms with van der Waals surface area (Å²) in [7, 11) is -1.97. The van der Waals surface area contributed by atoms with E-state index in [1.807, 2.05) is 13.0 Å². The van der Waals surface area contributed by atoms with E-state index in [1.54, 1.807) is 29.2 Å². The predicted octanol–water partition coefficient (Wildman–Crippen LogP) is 3.78. The number of likely N-dealkylation sites (tertiary alicyclic amines) is 1. The van der Waals surface area contributed by atoms with Crippen molar-refractivity contribution in [2.45, 2.75) is 25.8 Å². The van der Waals surface area contributed by atoms with E-state index in [9.17, 15) is 13.7 Å². The molecule has 2 atom stereocenters. The Bertz CT molecular complexity index is 1530. The predicted molar refractivity (Wildman–Crippen MR) is 147 cm³/mol. The summed E-state index contributed by atoms with van der Waals surface area (Å²) in [5, 5.41) is 16.4. The Morgan fingerprint density at radius 2 is 2.03 bits per heavy atom. The number of hydrogen-bond acceptors (Lipinski definition) is 8. The van der Waals surface area contributed by atoms with Crippen LogP contribution in [-0.4, -0.2) is 66.3 Å². The number of fused-ring (bicyclic) bond motifs is 1. The maximum absolute atomic E-state index is 11.7. The Balaban J connectivity index is 1.32. The summed E-state index contributed by atoms with van der Waals surface area (Å²) in [5.74, 6) is 1.69. The summed E-state index contributed by atoms with van der Waals surface area (Å²) < 4.78 is 27.5. The number of benzene rings is 1. The van der Waals surface area contributed by atoms with Crippen molar-refractivity contribution in [2.75, 3.05) is 38.1 Å². The van der Waals surface area contributed by atoms with Gasteiger partial charge >= 0.3 is 0 Å². The van der Waals surface area contributed by atoms with Gasteiger partial charge in [0.1, 0.15) is 17.4 Å². The zero-order valence-corrected chi connectivity index (χ0v) is 23.4. The fourth-order valence-corrected chi connectivity index (χ4v) is 6.20. The van der Waals surface area contributed by atoms with Gasteiger partial charge in [-0.15, -0.1) is 0 Å². The number of rotatable bonds is 7. The second kappa shape index (κ2) is 10.7. The summed E-state index contributed by atoms with van der Waals surface area (Å²) in [6, 6.07) is 7.14. The van der Waals surface area contributed by atoms with Gasteiger partial charge in [-0.25, -0.2) is 27.8 Å². The van der Waals surface area contributed by atoms with Crippen molar-refractivity contribution in [3.63, 3.8) is 0 Å². The standard InChI is InChI=1S/C25H28Cl2N8O2S/c1-16(20-6-5-19(26)10-21(20)27)35-25-24(22(11-28)32-35)30-12-23(31-25)34-14-18(15-34)17-4-3-7-33(13-17)8-9-38(36,37)29-2/h5-6,8-10,12,16-18,29H,3-4,7,13-15H2,1-2H3/t16-,17+/m1/s1. The van der Waals surface area contributed by atoms with Crippen LogP contribution in [-0.2, 0) is 10.0 Å². The van der Waals surface area contributed by atoms with Crippen LogP contribution >= 0.6 is 23.2 Å². The van der Waals surface area contributed by atoms with Crippen LogP contribution in [0.4, 0.5) is 5.82 Å². The van der Waals surface area contributed by atoms with Gasteiger partial charge in [-0.3, -0.25) is 0 Å². The van der Waals surface area contributed by atoms with E-state index in [4.69, 9.17) is 28.2 Å². The molecule has 13 heteroatoms. The molecule has 4 heterocycles. The molecule has 2 saturated heterocycles. The van der Waals surface area contributed by atoms with Crippen molar-refractivity contribution in [1.82, 2.24) is 29.4 Å². The molecule has 2 fully saturated rings. The molecule has 1 N–H and O–H groups in total. The highest BCUT2D eigenvalue weighted by Crippen LogP contribution is 2.35. The van der Waals surface area contributed by atoms with Crippen LogP contribution in [0.5, 0.6) is 0 Å². The molecule has 1 aromatic carbocycles. The van der Waals surface area contributed by atoms with Gasteiger partial charge < -0.3 is 9.80 Å². The van der Waals surface area contributed by atoms with Crippen LogP contribution in [0.2, 0.25) is 10.0 Å². The fourth-order valence-electron chi connectivity index (χ4n) is 5.16. The lowest BCUT2D eigenvalue weighted by atomic mass is 9.80. The second-order valence-corrected chi connectivity index (χ2v) is 12.4. The first kappa shape index (κ1) is 26.7. The highest BCUT2D eigenvalue weighted by molar-refractivity contribution is 7.92. The Morgan fingerprint density at radius 1 is 1.24 bits per heavy atom. The minimum absolute atomic E-state index is 0.216. The third-order valence-corrected chi connectivity index (χ3v) is 9.01.